The molecule has 184 valence electrons. The smallest absolute Gasteiger partial charge is 0.196 e. The van der Waals surface area contributed by atoms with Crippen LogP contribution in [-0.4, -0.2) is 4.57 Å². The molecule has 0 saturated carbocycles. The molecule has 1 atom stereocenters. The Morgan fingerprint density at radius 1 is 0.590 bits per heavy atom. The number of nitrogens with one attached hydrogen (secondary N) is 1. The van der Waals surface area contributed by atoms with Crippen molar-refractivity contribution in [2.24, 2.45) is 0 Å². The van der Waals surface area contributed by atoms with Crippen molar-refractivity contribution >= 4 is 60.2 Å². The number of hydrogen-bond acceptors (Lipinski definition) is 3. The number of ether oxygens (including phenoxy) is 1. The molecule has 4 nitrogen and oxygen atoms in total. The first-order valence-corrected chi connectivity index (χ1v) is 13.2. The number of anilines is 1. The Labute approximate surface area is 223 Å². The molecule has 2 aromatic heterocycles. The van der Waals surface area contributed by atoms with E-state index in [0.717, 1.165) is 44.6 Å². The lowest BCUT2D eigenvalue weighted by Crippen LogP contribution is -2.10. The van der Waals surface area contributed by atoms with Gasteiger partial charge in [-0.2, -0.15) is 0 Å². The van der Waals surface area contributed by atoms with E-state index in [1.54, 1.807) is 0 Å². The minimum Gasteiger partial charge on any atom is -0.464 e. The second-order valence-corrected chi connectivity index (χ2v) is 10.2. The van der Waals surface area contributed by atoms with E-state index in [0.29, 0.717) is 0 Å². The second-order valence-electron chi connectivity index (χ2n) is 10.2. The van der Waals surface area contributed by atoms with Crippen LogP contribution in [0.1, 0.15) is 11.8 Å². The van der Waals surface area contributed by atoms with Gasteiger partial charge in [-0.25, -0.2) is 0 Å². The van der Waals surface area contributed by atoms with Crippen LogP contribution in [0.2, 0.25) is 0 Å². The summed E-state index contributed by atoms with van der Waals surface area (Å²) in [6.07, 6.45) is -0.297. The van der Waals surface area contributed by atoms with Crippen LogP contribution in [0.15, 0.2) is 126 Å². The molecule has 0 aliphatic carbocycles. The molecule has 0 amide bonds. The van der Waals surface area contributed by atoms with Crippen LogP contribution >= 0.6 is 0 Å². The number of hydrogen-bond donors (Lipinski definition) is 1. The maximum Gasteiger partial charge on any atom is 0.196 e. The van der Waals surface area contributed by atoms with Gasteiger partial charge < -0.3 is 19.0 Å². The van der Waals surface area contributed by atoms with Crippen molar-refractivity contribution in [3.05, 3.63) is 127 Å². The van der Waals surface area contributed by atoms with Gasteiger partial charge in [0.2, 0.25) is 0 Å². The zero-order chi connectivity index (χ0) is 25.5. The Hall–Kier alpha value is -5.22. The maximum atomic E-state index is 6.50. The summed E-state index contributed by atoms with van der Waals surface area (Å²) in [5.74, 6) is 0.844. The van der Waals surface area contributed by atoms with E-state index in [1.165, 1.54) is 32.6 Å². The molecule has 4 heteroatoms. The van der Waals surface area contributed by atoms with Gasteiger partial charge >= 0.3 is 0 Å². The topological polar surface area (TPSA) is 39.3 Å². The fourth-order valence-corrected chi connectivity index (χ4v) is 6.30. The SMILES string of the molecule is c1ccc(-n2c3ccc(C4Nc5c(ccc6oc7ccccc7c56)O4)cc3c3c4ccccc4ccc32)cc1. The predicted octanol–water partition coefficient (Wildman–Crippen LogP) is 9.34. The molecule has 1 N–H and O–H groups in total. The third-order valence-corrected chi connectivity index (χ3v) is 8.02. The molecule has 0 spiro atoms. The highest BCUT2D eigenvalue weighted by Crippen LogP contribution is 2.47. The summed E-state index contributed by atoms with van der Waals surface area (Å²) in [6.45, 7) is 0. The number of nitrogens with zero attached hydrogens (tertiary/aromatic N) is 1. The minimum absolute atomic E-state index is 0.297. The van der Waals surface area contributed by atoms with Crippen molar-refractivity contribution < 1.29 is 9.15 Å². The highest BCUT2D eigenvalue weighted by Gasteiger charge is 2.28. The van der Waals surface area contributed by atoms with Crippen LogP contribution in [0.4, 0.5) is 5.69 Å². The third kappa shape index (κ3) is 2.88. The van der Waals surface area contributed by atoms with Crippen LogP contribution in [-0.2, 0) is 0 Å². The van der Waals surface area contributed by atoms with E-state index in [4.69, 9.17) is 9.15 Å². The highest BCUT2D eigenvalue weighted by molar-refractivity contribution is 6.21. The van der Waals surface area contributed by atoms with Gasteiger partial charge in [0.25, 0.3) is 0 Å². The van der Waals surface area contributed by atoms with Crippen molar-refractivity contribution in [2.75, 3.05) is 5.32 Å². The first-order valence-electron chi connectivity index (χ1n) is 13.2. The standard InChI is InChI=1S/C35H22N2O2/c1-2-9-23(10-3-1)37-27-16-15-22(20-26(27)32-24-11-5-4-8-21(24)14-17-28(32)37)35-36-34-31(39-35)19-18-30-33(34)25-12-6-7-13-29(25)38-30/h1-20,35-36H. The van der Waals surface area contributed by atoms with Gasteiger partial charge in [0.15, 0.2) is 6.23 Å². The number of rotatable bonds is 2. The van der Waals surface area contributed by atoms with E-state index in [1.807, 2.05) is 30.3 Å². The Morgan fingerprint density at radius 3 is 2.31 bits per heavy atom. The molecule has 3 heterocycles. The molecule has 0 fully saturated rings. The lowest BCUT2D eigenvalue weighted by Gasteiger charge is -2.13. The lowest BCUT2D eigenvalue weighted by atomic mass is 10.0. The van der Waals surface area contributed by atoms with Gasteiger partial charge in [0.05, 0.1) is 22.1 Å². The normalized spacial score (nSPS) is 14.8. The van der Waals surface area contributed by atoms with Crippen molar-refractivity contribution in [2.45, 2.75) is 6.23 Å². The Balaban J connectivity index is 1.26. The lowest BCUT2D eigenvalue weighted by molar-refractivity contribution is 0.260. The average molecular weight is 503 g/mol. The summed E-state index contributed by atoms with van der Waals surface area (Å²) in [7, 11) is 0. The summed E-state index contributed by atoms with van der Waals surface area (Å²) in [6, 6.07) is 42.5. The number of furan rings is 1. The first-order chi connectivity index (χ1) is 19.3. The average Bonchev–Trinajstić information content (AvgIpc) is 3.68. The monoisotopic (exact) mass is 502 g/mol. The molecule has 9 rings (SSSR count). The fourth-order valence-electron chi connectivity index (χ4n) is 6.30. The summed E-state index contributed by atoms with van der Waals surface area (Å²) >= 11 is 0. The van der Waals surface area contributed by atoms with Crippen LogP contribution in [0.25, 0.3) is 60.2 Å². The molecular weight excluding hydrogens is 480 g/mol. The Morgan fingerprint density at radius 2 is 1.38 bits per heavy atom. The molecule has 0 bridgehead atoms. The number of benzene rings is 6. The predicted molar refractivity (Wildman–Crippen MR) is 159 cm³/mol. The van der Waals surface area contributed by atoms with Crippen LogP contribution < -0.4 is 10.1 Å². The molecule has 6 aromatic carbocycles. The zero-order valence-electron chi connectivity index (χ0n) is 20.9. The summed E-state index contributed by atoms with van der Waals surface area (Å²) in [5.41, 5.74) is 7.33. The summed E-state index contributed by atoms with van der Waals surface area (Å²) in [5, 5.41) is 10.8. The van der Waals surface area contributed by atoms with E-state index in [-0.39, 0.29) is 6.23 Å². The van der Waals surface area contributed by atoms with Gasteiger partial charge in [-0.05, 0) is 59.3 Å². The van der Waals surface area contributed by atoms with Gasteiger partial charge in [0.1, 0.15) is 16.9 Å². The second kappa shape index (κ2) is 7.65. The Kier molecular flexibility index (Phi) is 4.08. The van der Waals surface area contributed by atoms with Gasteiger partial charge in [0, 0.05) is 27.4 Å². The van der Waals surface area contributed by atoms with Crippen molar-refractivity contribution in [3.63, 3.8) is 0 Å². The number of para-hydroxylation sites is 2. The maximum absolute atomic E-state index is 6.50. The number of aromatic nitrogens is 1. The third-order valence-electron chi connectivity index (χ3n) is 8.02. The van der Waals surface area contributed by atoms with Crippen LogP contribution in [0.3, 0.4) is 0 Å². The molecule has 1 unspecified atom stereocenters. The molecule has 8 aromatic rings. The van der Waals surface area contributed by atoms with Crippen molar-refractivity contribution in [1.82, 2.24) is 4.57 Å². The molecule has 0 radical (unpaired) electrons. The zero-order valence-corrected chi connectivity index (χ0v) is 20.9. The van der Waals surface area contributed by atoms with Gasteiger partial charge in [-0.1, -0.05) is 72.8 Å². The summed E-state index contributed by atoms with van der Waals surface area (Å²) in [4.78, 5) is 0. The fraction of sp³-hybridized carbons (Fsp3) is 0.0286. The first kappa shape index (κ1) is 20.8. The Bertz CT molecular complexity index is 2240. The van der Waals surface area contributed by atoms with E-state index < -0.39 is 0 Å². The highest BCUT2D eigenvalue weighted by atomic mass is 16.5. The minimum atomic E-state index is -0.297. The molecule has 0 saturated heterocycles. The quantitative estimate of drug-likeness (QED) is 0.256. The molecule has 1 aliphatic heterocycles. The summed E-state index contributed by atoms with van der Waals surface area (Å²) < 4.78 is 15.0. The molecule has 39 heavy (non-hydrogen) atoms. The van der Waals surface area contributed by atoms with Crippen molar-refractivity contribution in [3.8, 4) is 11.4 Å². The van der Waals surface area contributed by atoms with E-state index in [2.05, 4.69) is 101 Å². The van der Waals surface area contributed by atoms with Crippen molar-refractivity contribution in [1.29, 1.82) is 0 Å². The van der Waals surface area contributed by atoms with E-state index in [9.17, 15) is 0 Å². The number of fused-ring (bicyclic) bond motifs is 10. The molecule has 1 aliphatic rings. The van der Waals surface area contributed by atoms with Crippen LogP contribution in [0, 0.1) is 0 Å². The van der Waals surface area contributed by atoms with Gasteiger partial charge in [-0.15, -0.1) is 0 Å². The van der Waals surface area contributed by atoms with E-state index >= 15 is 0 Å². The largest absolute Gasteiger partial charge is 0.464 e. The van der Waals surface area contributed by atoms with Gasteiger partial charge in [-0.3, -0.25) is 0 Å². The molecular formula is C35H22N2O2. The van der Waals surface area contributed by atoms with Crippen LogP contribution in [0.5, 0.6) is 5.75 Å².